The molecule has 0 spiro atoms. The normalized spacial score (nSPS) is 24.8. The molecule has 0 unspecified atom stereocenters. The van der Waals surface area contributed by atoms with Crippen LogP contribution in [0.3, 0.4) is 0 Å². The van der Waals surface area contributed by atoms with Crippen molar-refractivity contribution in [2.75, 3.05) is 18.5 Å². The smallest absolute Gasteiger partial charge is 0.133 e. The van der Waals surface area contributed by atoms with Crippen molar-refractivity contribution in [2.45, 2.75) is 26.2 Å². The van der Waals surface area contributed by atoms with Crippen molar-refractivity contribution in [2.24, 2.45) is 5.41 Å². The summed E-state index contributed by atoms with van der Waals surface area (Å²) in [6.07, 6.45) is 2.53. The summed E-state index contributed by atoms with van der Waals surface area (Å²) in [6.45, 7) is 3.18. The van der Waals surface area contributed by atoms with Crippen molar-refractivity contribution in [1.29, 1.82) is 0 Å². The van der Waals surface area contributed by atoms with Gasteiger partial charge in [0.05, 0.1) is 0 Å². The first-order valence-electron chi connectivity index (χ1n) is 5.87. The van der Waals surface area contributed by atoms with E-state index in [4.69, 9.17) is 0 Å². The maximum atomic E-state index is 11.4. The fraction of sp³-hybridized carbons (Fsp3) is 0.500. The van der Waals surface area contributed by atoms with E-state index in [1.807, 2.05) is 18.2 Å². The number of carbonyl (C=O) groups is 1. The van der Waals surface area contributed by atoms with Crippen molar-refractivity contribution < 1.29 is 4.79 Å². The summed E-state index contributed by atoms with van der Waals surface area (Å²) in [5.41, 5.74) is 1.39. The molecule has 0 amide bonds. The molecule has 1 aromatic rings. The first-order chi connectivity index (χ1) is 7.59. The minimum Gasteiger partial charge on any atom is -0.374 e. The Labute approximate surface area is 97.3 Å². The Bertz CT molecular complexity index is 374. The Morgan fingerprint density at radius 1 is 1.31 bits per heavy atom. The summed E-state index contributed by atoms with van der Waals surface area (Å²) in [4.78, 5) is 13.6. The van der Waals surface area contributed by atoms with Crippen molar-refractivity contribution in [3.8, 4) is 0 Å². The predicted molar refractivity (Wildman–Crippen MR) is 66.7 cm³/mol. The van der Waals surface area contributed by atoms with Gasteiger partial charge in [0.15, 0.2) is 0 Å². The van der Waals surface area contributed by atoms with Crippen molar-refractivity contribution in [3.05, 3.63) is 30.3 Å². The summed E-state index contributed by atoms with van der Waals surface area (Å²) >= 11 is 0. The molecule has 0 radical (unpaired) electrons. The van der Waals surface area contributed by atoms with Crippen LogP contribution in [-0.2, 0) is 4.79 Å². The van der Waals surface area contributed by atoms with Crippen LogP contribution in [0.1, 0.15) is 26.2 Å². The number of nitrogens with zero attached hydrogens (tertiary/aromatic N) is 1. The molecule has 1 aliphatic carbocycles. The summed E-state index contributed by atoms with van der Waals surface area (Å²) in [7, 11) is 2.10. The molecule has 2 rings (SSSR count). The van der Waals surface area contributed by atoms with Gasteiger partial charge in [0.1, 0.15) is 5.78 Å². The Hall–Kier alpha value is -1.31. The van der Waals surface area contributed by atoms with Crippen LogP contribution in [0.15, 0.2) is 30.3 Å². The number of rotatable bonds is 3. The standard InChI is InChI=1S/C14H19NO/c1-14(9-8-13(16)10-14)11-15(2)12-6-4-3-5-7-12/h3-7H,8-11H2,1-2H3/t14-/m0/s1. The maximum Gasteiger partial charge on any atom is 0.133 e. The number of ketones is 1. The van der Waals surface area contributed by atoms with Gasteiger partial charge in [-0.25, -0.2) is 0 Å². The third-order valence-electron chi connectivity index (χ3n) is 3.45. The first kappa shape index (κ1) is 11.2. The Morgan fingerprint density at radius 2 is 2.00 bits per heavy atom. The van der Waals surface area contributed by atoms with Crippen LogP contribution in [-0.4, -0.2) is 19.4 Å². The van der Waals surface area contributed by atoms with E-state index in [0.717, 1.165) is 25.8 Å². The van der Waals surface area contributed by atoms with E-state index in [1.54, 1.807) is 0 Å². The van der Waals surface area contributed by atoms with Gasteiger partial charge in [0.25, 0.3) is 0 Å². The molecule has 0 saturated heterocycles. The van der Waals surface area contributed by atoms with Gasteiger partial charge in [-0.15, -0.1) is 0 Å². The number of hydrogen-bond donors (Lipinski definition) is 0. The van der Waals surface area contributed by atoms with Gasteiger partial charge in [-0.3, -0.25) is 4.79 Å². The van der Waals surface area contributed by atoms with Crippen LogP contribution in [0.25, 0.3) is 0 Å². The van der Waals surface area contributed by atoms with Gasteiger partial charge < -0.3 is 4.90 Å². The number of carbonyl (C=O) groups excluding carboxylic acids is 1. The third kappa shape index (κ3) is 2.43. The van der Waals surface area contributed by atoms with Crippen LogP contribution in [0, 0.1) is 5.41 Å². The Balaban J connectivity index is 2.02. The van der Waals surface area contributed by atoms with Gasteiger partial charge in [0, 0.05) is 32.1 Å². The molecule has 2 heteroatoms. The van der Waals surface area contributed by atoms with Gasteiger partial charge in [-0.1, -0.05) is 25.1 Å². The molecule has 16 heavy (non-hydrogen) atoms. The van der Waals surface area contributed by atoms with Crippen LogP contribution >= 0.6 is 0 Å². The highest BCUT2D eigenvalue weighted by molar-refractivity contribution is 5.81. The SMILES string of the molecule is CN(C[C@@]1(C)CCC(=O)C1)c1ccccc1. The molecule has 0 aromatic heterocycles. The summed E-state index contributed by atoms with van der Waals surface area (Å²) in [6, 6.07) is 10.3. The monoisotopic (exact) mass is 217 g/mol. The average molecular weight is 217 g/mol. The molecule has 1 saturated carbocycles. The van der Waals surface area contributed by atoms with E-state index in [1.165, 1.54) is 5.69 Å². The number of hydrogen-bond acceptors (Lipinski definition) is 2. The molecule has 0 N–H and O–H groups in total. The third-order valence-corrected chi connectivity index (χ3v) is 3.45. The van der Waals surface area contributed by atoms with E-state index in [2.05, 4.69) is 31.0 Å². The molecule has 1 atom stereocenters. The van der Waals surface area contributed by atoms with Gasteiger partial charge in [-0.05, 0) is 24.0 Å². The lowest BCUT2D eigenvalue weighted by Gasteiger charge is -2.30. The fourth-order valence-electron chi connectivity index (χ4n) is 2.58. The Morgan fingerprint density at radius 3 is 2.56 bits per heavy atom. The molecular formula is C14H19NO. The van der Waals surface area contributed by atoms with Crippen LogP contribution in [0.2, 0.25) is 0 Å². The van der Waals surface area contributed by atoms with E-state index < -0.39 is 0 Å². The second-order valence-corrected chi connectivity index (χ2v) is 5.22. The zero-order chi connectivity index (χ0) is 11.6. The second kappa shape index (κ2) is 4.28. The lowest BCUT2D eigenvalue weighted by atomic mass is 9.88. The van der Waals surface area contributed by atoms with E-state index >= 15 is 0 Å². The molecule has 86 valence electrons. The minimum absolute atomic E-state index is 0.168. The summed E-state index contributed by atoms with van der Waals surface area (Å²) in [5.74, 6) is 0.420. The van der Waals surface area contributed by atoms with Crippen LogP contribution in [0.4, 0.5) is 5.69 Å². The lowest BCUT2D eigenvalue weighted by molar-refractivity contribution is -0.117. The van der Waals surface area contributed by atoms with Crippen molar-refractivity contribution in [3.63, 3.8) is 0 Å². The predicted octanol–water partition coefficient (Wildman–Crippen LogP) is 2.88. The molecule has 0 heterocycles. The molecule has 1 fully saturated rings. The number of benzene rings is 1. The zero-order valence-electron chi connectivity index (χ0n) is 10.1. The summed E-state index contributed by atoms with van der Waals surface area (Å²) < 4.78 is 0. The van der Waals surface area contributed by atoms with Crippen molar-refractivity contribution >= 4 is 11.5 Å². The highest BCUT2D eigenvalue weighted by Gasteiger charge is 2.34. The molecule has 0 aliphatic heterocycles. The topological polar surface area (TPSA) is 20.3 Å². The van der Waals surface area contributed by atoms with Gasteiger partial charge in [0.2, 0.25) is 0 Å². The quantitative estimate of drug-likeness (QED) is 0.776. The van der Waals surface area contributed by atoms with E-state index in [-0.39, 0.29) is 5.41 Å². The van der Waals surface area contributed by atoms with Crippen LogP contribution < -0.4 is 4.90 Å². The first-order valence-corrected chi connectivity index (χ1v) is 5.87. The molecule has 0 bridgehead atoms. The number of anilines is 1. The largest absolute Gasteiger partial charge is 0.374 e. The van der Waals surface area contributed by atoms with E-state index in [9.17, 15) is 4.79 Å². The van der Waals surface area contributed by atoms with Gasteiger partial charge in [-0.2, -0.15) is 0 Å². The molecule has 1 aliphatic rings. The molecule has 2 nitrogen and oxygen atoms in total. The Kier molecular flexibility index (Phi) is 2.99. The maximum absolute atomic E-state index is 11.4. The minimum atomic E-state index is 0.168. The molecular weight excluding hydrogens is 198 g/mol. The average Bonchev–Trinajstić information content (AvgIpc) is 2.59. The van der Waals surface area contributed by atoms with Crippen LogP contribution in [0.5, 0.6) is 0 Å². The van der Waals surface area contributed by atoms with E-state index in [0.29, 0.717) is 5.78 Å². The second-order valence-electron chi connectivity index (χ2n) is 5.22. The fourth-order valence-corrected chi connectivity index (χ4v) is 2.58. The number of Topliss-reactive ketones (excluding diaryl/α,β-unsaturated/α-hetero) is 1. The highest BCUT2D eigenvalue weighted by Crippen LogP contribution is 2.36. The van der Waals surface area contributed by atoms with Gasteiger partial charge >= 0.3 is 0 Å². The molecule has 1 aromatic carbocycles. The lowest BCUT2D eigenvalue weighted by Crippen LogP contribution is -2.31. The van der Waals surface area contributed by atoms with Crippen molar-refractivity contribution in [1.82, 2.24) is 0 Å². The highest BCUT2D eigenvalue weighted by atomic mass is 16.1. The number of para-hydroxylation sites is 1. The zero-order valence-corrected chi connectivity index (χ0v) is 10.1. The summed E-state index contributed by atoms with van der Waals surface area (Å²) in [5, 5.41) is 0.